The predicted molar refractivity (Wildman–Crippen MR) is 77.7 cm³/mol. The summed E-state index contributed by atoms with van der Waals surface area (Å²) in [5.74, 6) is 0. The van der Waals surface area contributed by atoms with Gasteiger partial charge < -0.3 is 5.73 Å². The van der Waals surface area contributed by atoms with Gasteiger partial charge in [0.1, 0.15) is 0 Å². The molecule has 1 fully saturated rings. The first kappa shape index (κ1) is 13.6. The third kappa shape index (κ3) is 2.32. The van der Waals surface area contributed by atoms with Crippen molar-refractivity contribution in [1.82, 2.24) is 4.90 Å². The van der Waals surface area contributed by atoms with Crippen molar-refractivity contribution in [2.75, 3.05) is 13.1 Å². The molecule has 2 rings (SSSR count). The second-order valence-electron chi connectivity index (χ2n) is 6.17. The van der Waals surface area contributed by atoms with E-state index in [0.29, 0.717) is 12.6 Å². The maximum atomic E-state index is 6.10. The summed E-state index contributed by atoms with van der Waals surface area (Å²) in [7, 11) is 0. The molecular formula is C16H26N2. The molecule has 0 aromatic heterocycles. The van der Waals surface area contributed by atoms with E-state index >= 15 is 0 Å². The third-order valence-corrected chi connectivity index (χ3v) is 4.44. The summed E-state index contributed by atoms with van der Waals surface area (Å²) in [6, 6.07) is 6.91. The first-order valence-corrected chi connectivity index (χ1v) is 7.00. The van der Waals surface area contributed by atoms with Crippen LogP contribution < -0.4 is 5.73 Å². The Kier molecular flexibility index (Phi) is 3.79. The van der Waals surface area contributed by atoms with Crippen molar-refractivity contribution in [3.05, 3.63) is 34.9 Å². The molecule has 1 aliphatic heterocycles. The molecule has 1 aliphatic rings. The van der Waals surface area contributed by atoms with Gasteiger partial charge in [-0.1, -0.05) is 18.2 Å². The summed E-state index contributed by atoms with van der Waals surface area (Å²) in [5.41, 5.74) is 10.6. The molecule has 18 heavy (non-hydrogen) atoms. The van der Waals surface area contributed by atoms with E-state index in [2.05, 4.69) is 50.8 Å². The summed E-state index contributed by atoms with van der Waals surface area (Å²) < 4.78 is 0. The Hall–Kier alpha value is -0.860. The molecule has 0 amide bonds. The molecule has 0 saturated carbocycles. The molecule has 0 bridgehead atoms. The second kappa shape index (κ2) is 5.02. The molecule has 2 N–H and O–H groups in total. The number of hydrogen-bond donors (Lipinski definition) is 1. The molecule has 2 nitrogen and oxygen atoms in total. The van der Waals surface area contributed by atoms with Crippen molar-refractivity contribution in [2.24, 2.45) is 5.73 Å². The molecule has 0 spiro atoms. The van der Waals surface area contributed by atoms with Crippen molar-refractivity contribution >= 4 is 0 Å². The smallest absolute Gasteiger partial charge is 0.0480 e. The van der Waals surface area contributed by atoms with E-state index < -0.39 is 0 Å². The largest absolute Gasteiger partial charge is 0.329 e. The summed E-state index contributed by atoms with van der Waals surface area (Å²) in [4.78, 5) is 2.60. The molecule has 1 unspecified atom stereocenters. The van der Waals surface area contributed by atoms with Gasteiger partial charge >= 0.3 is 0 Å². The number of aryl methyl sites for hydroxylation is 2. The van der Waals surface area contributed by atoms with Gasteiger partial charge in [0, 0.05) is 18.1 Å². The average Bonchev–Trinajstić information content (AvgIpc) is 2.64. The molecule has 0 aliphatic carbocycles. The Bertz CT molecular complexity index is 403. The summed E-state index contributed by atoms with van der Waals surface area (Å²) >= 11 is 0. The van der Waals surface area contributed by atoms with Crippen LogP contribution in [0.5, 0.6) is 0 Å². The van der Waals surface area contributed by atoms with Gasteiger partial charge in [0.15, 0.2) is 0 Å². The first-order chi connectivity index (χ1) is 8.47. The Labute approximate surface area is 111 Å². The topological polar surface area (TPSA) is 29.3 Å². The Morgan fingerprint density at radius 1 is 1.28 bits per heavy atom. The van der Waals surface area contributed by atoms with E-state index in [1.54, 1.807) is 0 Å². The Balaban J connectivity index is 2.40. The van der Waals surface area contributed by atoms with Gasteiger partial charge in [0.2, 0.25) is 0 Å². The minimum atomic E-state index is 0.277. The Morgan fingerprint density at radius 2 is 1.89 bits per heavy atom. The number of benzene rings is 1. The maximum absolute atomic E-state index is 6.10. The zero-order valence-electron chi connectivity index (χ0n) is 12.2. The van der Waals surface area contributed by atoms with Crippen molar-refractivity contribution in [1.29, 1.82) is 0 Å². The zero-order valence-corrected chi connectivity index (χ0v) is 12.2. The lowest BCUT2D eigenvalue weighted by molar-refractivity contribution is 0.118. The van der Waals surface area contributed by atoms with Crippen LogP contribution in [0.2, 0.25) is 0 Å². The number of likely N-dealkylation sites (tertiary alicyclic amines) is 1. The lowest BCUT2D eigenvalue weighted by Crippen LogP contribution is -2.44. The van der Waals surface area contributed by atoms with Crippen LogP contribution in [0.15, 0.2) is 18.2 Å². The van der Waals surface area contributed by atoms with Gasteiger partial charge in [0.05, 0.1) is 0 Å². The van der Waals surface area contributed by atoms with Gasteiger partial charge in [-0.05, 0) is 63.8 Å². The van der Waals surface area contributed by atoms with Gasteiger partial charge in [-0.2, -0.15) is 0 Å². The van der Waals surface area contributed by atoms with Crippen LogP contribution in [0.1, 0.15) is 49.4 Å². The number of nitrogens with zero attached hydrogens (tertiary/aromatic N) is 1. The molecule has 1 atom stereocenters. The van der Waals surface area contributed by atoms with E-state index in [1.165, 1.54) is 36.1 Å². The minimum Gasteiger partial charge on any atom is -0.329 e. The van der Waals surface area contributed by atoms with Crippen molar-refractivity contribution < 1.29 is 0 Å². The molecule has 1 heterocycles. The lowest BCUT2D eigenvalue weighted by Gasteiger charge is -2.39. The van der Waals surface area contributed by atoms with Gasteiger partial charge in [-0.3, -0.25) is 4.90 Å². The van der Waals surface area contributed by atoms with Crippen LogP contribution in [0.4, 0.5) is 0 Å². The van der Waals surface area contributed by atoms with Gasteiger partial charge in [-0.25, -0.2) is 0 Å². The van der Waals surface area contributed by atoms with E-state index in [-0.39, 0.29) is 5.54 Å². The van der Waals surface area contributed by atoms with Gasteiger partial charge in [-0.15, -0.1) is 0 Å². The van der Waals surface area contributed by atoms with Crippen LogP contribution in [0.25, 0.3) is 0 Å². The monoisotopic (exact) mass is 246 g/mol. The SMILES string of the molecule is Cc1cccc(C)c1C(CN)N1CCCC1(C)C. The summed E-state index contributed by atoms with van der Waals surface area (Å²) in [6.45, 7) is 11.0. The second-order valence-corrected chi connectivity index (χ2v) is 6.17. The third-order valence-electron chi connectivity index (χ3n) is 4.44. The van der Waals surface area contributed by atoms with Crippen LogP contribution in [0.3, 0.4) is 0 Å². The molecule has 0 radical (unpaired) electrons. The van der Waals surface area contributed by atoms with E-state index in [4.69, 9.17) is 5.73 Å². The fourth-order valence-electron chi connectivity index (χ4n) is 3.46. The van der Waals surface area contributed by atoms with E-state index in [9.17, 15) is 0 Å². The molecule has 100 valence electrons. The fraction of sp³-hybridized carbons (Fsp3) is 0.625. The highest BCUT2D eigenvalue weighted by Crippen LogP contribution is 2.37. The zero-order chi connectivity index (χ0) is 13.3. The number of rotatable bonds is 3. The molecular weight excluding hydrogens is 220 g/mol. The summed E-state index contributed by atoms with van der Waals surface area (Å²) in [6.07, 6.45) is 2.56. The van der Waals surface area contributed by atoms with E-state index in [0.717, 1.165) is 0 Å². The lowest BCUT2D eigenvalue weighted by atomic mass is 9.92. The summed E-state index contributed by atoms with van der Waals surface area (Å²) in [5, 5.41) is 0. The molecule has 1 aromatic carbocycles. The quantitative estimate of drug-likeness (QED) is 0.887. The Morgan fingerprint density at radius 3 is 2.33 bits per heavy atom. The normalized spacial score (nSPS) is 21.2. The predicted octanol–water partition coefficient (Wildman–Crippen LogP) is 3.18. The average molecular weight is 246 g/mol. The standard InChI is InChI=1S/C16H26N2/c1-12-7-5-8-13(2)15(12)14(11-17)18-10-6-9-16(18,3)4/h5,7-8,14H,6,9-11,17H2,1-4H3. The highest BCUT2D eigenvalue weighted by molar-refractivity contribution is 5.37. The first-order valence-electron chi connectivity index (χ1n) is 7.00. The van der Waals surface area contributed by atoms with Crippen LogP contribution in [0, 0.1) is 13.8 Å². The molecule has 2 heteroatoms. The van der Waals surface area contributed by atoms with Crippen molar-refractivity contribution in [3.8, 4) is 0 Å². The highest BCUT2D eigenvalue weighted by atomic mass is 15.2. The van der Waals surface area contributed by atoms with Gasteiger partial charge in [0.25, 0.3) is 0 Å². The maximum Gasteiger partial charge on any atom is 0.0480 e. The fourth-order valence-corrected chi connectivity index (χ4v) is 3.46. The number of nitrogens with two attached hydrogens (primary N) is 1. The highest BCUT2D eigenvalue weighted by Gasteiger charge is 2.37. The van der Waals surface area contributed by atoms with Crippen LogP contribution >= 0.6 is 0 Å². The number of hydrogen-bond acceptors (Lipinski definition) is 2. The van der Waals surface area contributed by atoms with Crippen LogP contribution in [-0.2, 0) is 0 Å². The molecule has 1 saturated heterocycles. The van der Waals surface area contributed by atoms with Crippen molar-refractivity contribution in [3.63, 3.8) is 0 Å². The van der Waals surface area contributed by atoms with Crippen molar-refractivity contribution in [2.45, 2.75) is 52.1 Å². The van der Waals surface area contributed by atoms with E-state index in [1.807, 2.05) is 0 Å². The minimum absolute atomic E-state index is 0.277. The van der Waals surface area contributed by atoms with Crippen LogP contribution in [-0.4, -0.2) is 23.5 Å². The molecule has 1 aromatic rings.